The lowest BCUT2D eigenvalue weighted by molar-refractivity contribution is -0.120. The van der Waals surface area contributed by atoms with Crippen LogP contribution in [0.3, 0.4) is 0 Å². The topological polar surface area (TPSA) is 54.5 Å². The molecule has 1 fully saturated rings. The molecule has 15 heavy (non-hydrogen) atoms. The normalized spacial score (nSPS) is 28.6. The average molecular weight is 237 g/mol. The van der Waals surface area contributed by atoms with Gasteiger partial charge in [-0.2, -0.15) is 4.31 Å². The summed E-state index contributed by atoms with van der Waals surface area (Å²) in [7, 11) is -3.53. The number of alkyl halides is 1. The Morgan fingerprint density at radius 2 is 2.00 bits per heavy atom. The molecule has 1 heterocycles. The number of Topliss-reactive ketones (excluding diaryl/α,β-unsaturated/α-hetero) is 1. The molecular weight excluding hydrogens is 221 g/mol. The Bertz CT molecular complexity index is 352. The standard InChI is InChI=1S/C9H16FNO3S/c1-6(2)15(13,14)11-5-8(10)4-9(11)7(3)12/h6,8-9H,4-5H2,1-3H3/t8?,9-/m0/s1. The van der Waals surface area contributed by atoms with Gasteiger partial charge in [-0.15, -0.1) is 0 Å². The number of hydrogen-bond donors (Lipinski definition) is 0. The van der Waals surface area contributed by atoms with Gasteiger partial charge in [0.1, 0.15) is 12.0 Å². The summed E-state index contributed by atoms with van der Waals surface area (Å²) in [5.74, 6) is -0.292. The van der Waals surface area contributed by atoms with Crippen molar-refractivity contribution in [3.63, 3.8) is 0 Å². The molecule has 0 N–H and O–H groups in total. The van der Waals surface area contributed by atoms with Crippen molar-refractivity contribution in [3.8, 4) is 0 Å². The van der Waals surface area contributed by atoms with E-state index in [2.05, 4.69) is 0 Å². The van der Waals surface area contributed by atoms with E-state index in [-0.39, 0.29) is 18.7 Å². The van der Waals surface area contributed by atoms with E-state index < -0.39 is 27.5 Å². The molecule has 0 bridgehead atoms. The first kappa shape index (κ1) is 12.6. The molecule has 0 spiro atoms. The molecule has 88 valence electrons. The maximum absolute atomic E-state index is 13.1. The van der Waals surface area contributed by atoms with Gasteiger partial charge in [0.25, 0.3) is 0 Å². The Labute approximate surface area is 89.5 Å². The summed E-state index contributed by atoms with van der Waals surface area (Å²) in [5.41, 5.74) is 0. The summed E-state index contributed by atoms with van der Waals surface area (Å²) < 4.78 is 37.7. The number of ketones is 1. The summed E-state index contributed by atoms with van der Waals surface area (Å²) in [6.45, 7) is 4.16. The van der Waals surface area contributed by atoms with Crippen LogP contribution in [0, 0.1) is 0 Å². The molecular formula is C9H16FNO3S. The van der Waals surface area contributed by atoms with Crippen molar-refractivity contribution in [2.45, 2.75) is 44.7 Å². The second-order valence-electron chi connectivity index (χ2n) is 4.12. The summed E-state index contributed by atoms with van der Waals surface area (Å²) in [6, 6.07) is -0.813. The van der Waals surface area contributed by atoms with E-state index in [1.807, 2.05) is 0 Å². The maximum atomic E-state index is 13.1. The van der Waals surface area contributed by atoms with Crippen molar-refractivity contribution in [1.82, 2.24) is 4.31 Å². The quantitative estimate of drug-likeness (QED) is 0.727. The minimum absolute atomic E-state index is 0.0126. The highest BCUT2D eigenvalue weighted by Crippen LogP contribution is 2.26. The third-order valence-electron chi connectivity index (χ3n) is 2.60. The van der Waals surface area contributed by atoms with E-state index in [0.717, 1.165) is 4.31 Å². The van der Waals surface area contributed by atoms with Gasteiger partial charge in [0.05, 0.1) is 11.3 Å². The lowest BCUT2D eigenvalue weighted by Crippen LogP contribution is -2.43. The first-order valence-electron chi connectivity index (χ1n) is 4.92. The lowest BCUT2D eigenvalue weighted by Gasteiger charge is -2.23. The minimum atomic E-state index is -3.53. The predicted octanol–water partition coefficient (Wildman–Crippen LogP) is 0.726. The summed E-state index contributed by atoms with van der Waals surface area (Å²) >= 11 is 0. The van der Waals surface area contributed by atoms with Gasteiger partial charge in [0.15, 0.2) is 0 Å². The zero-order chi connectivity index (χ0) is 11.8. The molecule has 0 radical (unpaired) electrons. The molecule has 0 saturated carbocycles. The highest BCUT2D eigenvalue weighted by molar-refractivity contribution is 7.89. The number of halogens is 1. The van der Waals surface area contributed by atoms with E-state index >= 15 is 0 Å². The van der Waals surface area contributed by atoms with Crippen LogP contribution in [0.5, 0.6) is 0 Å². The van der Waals surface area contributed by atoms with Crippen LogP contribution in [0.4, 0.5) is 4.39 Å². The van der Waals surface area contributed by atoms with Gasteiger partial charge in [-0.25, -0.2) is 12.8 Å². The molecule has 1 rings (SSSR count). The Balaban J connectivity index is 2.99. The molecule has 1 aliphatic heterocycles. The van der Waals surface area contributed by atoms with E-state index in [0.29, 0.717) is 0 Å². The van der Waals surface area contributed by atoms with Gasteiger partial charge in [-0.05, 0) is 20.8 Å². The molecule has 0 aromatic heterocycles. The SMILES string of the molecule is CC(=O)[C@@H]1CC(F)CN1S(=O)(=O)C(C)C. The predicted molar refractivity (Wildman–Crippen MR) is 54.7 cm³/mol. The van der Waals surface area contributed by atoms with Crippen molar-refractivity contribution in [2.75, 3.05) is 6.54 Å². The molecule has 1 saturated heterocycles. The Morgan fingerprint density at radius 1 is 1.47 bits per heavy atom. The zero-order valence-corrected chi connectivity index (χ0v) is 9.92. The third-order valence-corrected chi connectivity index (χ3v) is 4.85. The van der Waals surface area contributed by atoms with Crippen LogP contribution in [-0.4, -0.2) is 42.5 Å². The number of rotatable bonds is 3. The number of carbonyl (C=O) groups excluding carboxylic acids is 1. The first-order valence-corrected chi connectivity index (χ1v) is 6.42. The van der Waals surface area contributed by atoms with Crippen molar-refractivity contribution >= 4 is 15.8 Å². The minimum Gasteiger partial charge on any atom is -0.298 e. The fourth-order valence-corrected chi connectivity index (χ4v) is 3.18. The van der Waals surface area contributed by atoms with E-state index in [1.54, 1.807) is 0 Å². The monoisotopic (exact) mass is 237 g/mol. The Morgan fingerprint density at radius 3 is 2.40 bits per heavy atom. The first-order chi connectivity index (χ1) is 6.76. The number of hydrogen-bond acceptors (Lipinski definition) is 3. The molecule has 0 aliphatic carbocycles. The van der Waals surface area contributed by atoms with Crippen molar-refractivity contribution in [2.24, 2.45) is 0 Å². The van der Waals surface area contributed by atoms with Crippen LogP contribution in [0.25, 0.3) is 0 Å². The Hall–Kier alpha value is -0.490. The van der Waals surface area contributed by atoms with Gasteiger partial charge in [0.2, 0.25) is 10.0 Å². The molecule has 1 aliphatic rings. The summed E-state index contributed by atoms with van der Waals surface area (Å²) in [5, 5.41) is -0.621. The van der Waals surface area contributed by atoms with Gasteiger partial charge in [-0.3, -0.25) is 4.79 Å². The molecule has 2 atom stereocenters. The van der Waals surface area contributed by atoms with Gasteiger partial charge in [-0.1, -0.05) is 0 Å². The van der Waals surface area contributed by atoms with Gasteiger partial charge in [0, 0.05) is 13.0 Å². The highest BCUT2D eigenvalue weighted by Gasteiger charge is 2.42. The van der Waals surface area contributed by atoms with Crippen LogP contribution < -0.4 is 0 Å². The molecule has 0 aromatic carbocycles. The largest absolute Gasteiger partial charge is 0.298 e. The lowest BCUT2D eigenvalue weighted by atomic mass is 10.1. The second kappa shape index (κ2) is 4.17. The van der Waals surface area contributed by atoms with E-state index in [1.165, 1.54) is 20.8 Å². The number of carbonyl (C=O) groups is 1. The average Bonchev–Trinajstić information content (AvgIpc) is 2.47. The fourth-order valence-electron chi connectivity index (χ4n) is 1.68. The highest BCUT2D eigenvalue weighted by atomic mass is 32.2. The summed E-state index contributed by atoms with van der Waals surface area (Å²) in [6.07, 6.45) is -1.24. The van der Waals surface area contributed by atoms with Gasteiger partial charge >= 0.3 is 0 Å². The van der Waals surface area contributed by atoms with Crippen LogP contribution >= 0.6 is 0 Å². The fraction of sp³-hybridized carbons (Fsp3) is 0.889. The maximum Gasteiger partial charge on any atom is 0.217 e. The van der Waals surface area contributed by atoms with Crippen molar-refractivity contribution < 1.29 is 17.6 Å². The third kappa shape index (κ3) is 2.36. The molecule has 0 aromatic rings. The van der Waals surface area contributed by atoms with Crippen LogP contribution in [0.1, 0.15) is 27.2 Å². The van der Waals surface area contributed by atoms with Gasteiger partial charge < -0.3 is 0 Å². The van der Waals surface area contributed by atoms with Crippen LogP contribution in [-0.2, 0) is 14.8 Å². The smallest absolute Gasteiger partial charge is 0.217 e. The summed E-state index contributed by atoms with van der Waals surface area (Å²) in [4.78, 5) is 11.2. The van der Waals surface area contributed by atoms with E-state index in [9.17, 15) is 17.6 Å². The molecule has 0 amide bonds. The number of sulfonamides is 1. The molecule has 4 nitrogen and oxygen atoms in total. The van der Waals surface area contributed by atoms with Crippen LogP contribution in [0.15, 0.2) is 0 Å². The Kier molecular flexibility index (Phi) is 3.50. The van der Waals surface area contributed by atoms with Crippen molar-refractivity contribution in [1.29, 1.82) is 0 Å². The number of nitrogens with zero attached hydrogens (tertiary/aromatic N) is 1. The zero-order valence-electron chi connectivity index (χ0n) is 9.10. The van der Waals surface area contributed by atoms with Crippen molar-refractivity contribution in [3.05, 3.63) is 0 Å². The molecule has 1 unspecified atom stereocenters. The molecule has 6 heteroatoms. The van der Waals surface area contributed by atoms with Crippen LogP contribution in [0.2, 0.25) is 0 Å². The van der Waals surface area contributed by atoms with E-state index in [4.69, 9.17) is 0 Å². The second-order valence-corrected chi connectivity index (χ2v) is 6.56.